The molecule has 0 aliphatic carbocycles. The van der Waals surface area contributed by atoms with Crippen LogP contribution >= 0.6 is 0 Å². The van der Waals surface area contributed by atoms with Gasteiger partial charge in [0.25, 0.3) is 0 Å². The largest absolute Gasteiger partial charge is 0.468 e. The number of hydrogen-bond donors (Lipinski definition) is 1. The molecule has 100 valence electrons. The molecule has 0 saturated carbocycles. The highest BCUT2D eigenvalue weighted by Gasteiger charge is 2.25. The van der Waals surface area contributed by atoms with Gasteiger partial charge in [0.1, 0.15) is 11.9 Å². The maximum absolute atomic E-state index is 12.8. The molecular formula is C13H19FN2O2. The van der Waals surface area contributed by atoms with Gasteiger partial charge in [-0.2, -0.15) is 0 Å². The Hall–Kier alpha value is -1.49. The van der Waals surface area contributed by atoms with Gasteiger partial charge in [-0.05, 0) is 25.0 Å². The molecule has 0 aliphatic heterocycles. The first-order valence-electron chi connectivity index (χ1n) is 5.91. The number of nitrogens with zero attached hydrogens (tertiary/aromatic N) is 1. The summed E-state index contributed by atoms with van der Waals surface area (Å²) in [5.41, 5.74) is 0.686. The van der Waals surface area contributed by atoms with Crippen molar-refractivity contribution in [3.05, 3.63) is 29.8 Å². The molecule has 2 atom stereocenters. The van der Waals surface area contributed by atoms with E-state index in [0.717, 1.165) is 6.20 Å². The fourth-order valence-electron chi connectivity index (χ4n) is 1.66. The minimum Gasteiger partial charge on any atom is -0.468 e. The first kappa shape index (κ1) is 14.6. The molecule has 0 fully saturated rings. The van der Waals surface area contributed by atoms with E-state index in [9.17, 15) is 9.18 Å². The van der Waals surface area contributed by atoms with Gasteiger partial charge in [0.15, 0.2) is 0 Å². The van der Waals surface area contributed by atoms with Crippen LogP contribution in [0.2, 0.25) is 0 Å². The Kier molecular flexibility index (Phi) is 5.22. The first-order valence-corrected chi connectivity index (χ1v) is 5.91. The van der Waals surface area contributed by atoms with Crippen LogP contribution in [0, 0.1) is 11.7 Å². The Morgan fingerprint density at radius 1 is 1.39 bits per heavy atom. The summed E-state index contributed by atoms with van der Waals surface area (Å²) in [6.07, 6.45) is 1.16. The molecule has 1 N–H and O–H groups in total. The van der Waals surface area contributed by atoms with E-state index in [2.05, 4.69) is 10.3 Å². The van der Waals surface area contributed by atoms with Gasteiger partial charge in [-0.3, -0.25) is 15.1 Å². The van der Waals surface area contributed by atoms with Gasteiger partial charge < -0.3 is 4.74 Å². The number of carbonyl (C=O) groups is 1. The smallest absolute Gasteiger partial charge is 0.323 e. The molecule has 0 amide bonds. The number of esters is 1. The molecule has 4 nitrogen and oxygen atoms in total. The molecule has 18 heavy (non-hydrogen) atoms. The van der Waals surface area contributed by atoms with E-state index in [1.165, 1.54) is 13.2 Å². The lowest BCUT2D eigenvalue weighted by Gasteiger charge is -2.23. The van der Waals surface area contributed by atoms with Crippen LogP contribution in [0.4, 0.5) is 4.39 Å². The molecule has 0 saturated heterocycles. The van der Waals surface area contributed by atoms with E-state index in [1.54, 1.807) is 6.07 Å². The number of halogens is 1. The Labute approximate surface area is 107 Å². The summed E-state index contributed by atoms with van der Waals surface area (Å²) in [6.45, 7) is 5.73. The van der Waals surface area contributed by atoms with Gasteiger partial charge in [-0.1, -0.05) is 13.8 Å². The lowest BCUT2D eigenvalue weighted by molar-refractivity contribution is -0.144. The molecule has 2 unspecified atom stereocenters. The number of ether oxygens (including phenoxy) is 1. The molecular weight excluding hydrogens is 235 g/mol. The maximum Gasteiger partial charge on any atom is 0.323 e. The first-order chi connectivity index (χ1) is 8.45. The van der Waals surface area contributed by atoms with E-state index in [4.69, 9.17) is 4.74 Å². The zero-order chi connectivity index (χ0) is 13.7. The number of methoxy groups -OCH3 is 1. The molecule has 0 bridgehead atoms. The van der Waals surface area contributed by atoms with Gasteiger partial charge in [-0.15, -0.1) is 0 Å². The van der Waals surface area contributed by atoms with Crippen molar-refractivity contribution >= 4 is 5.97 Å². The van der Waals surface area contributed by atoms with E-state index in [0.29, 0.717) is 5.69 Å². The van der Waals surface area contributed by atoms with Crippen molar-refractivity contribution in [2.45, 2.75) is 32.9 Å². The highest BCUT2D eigenvalue weighted by atomic mass is 19.1. The average molecular weight is 254 g/mol. The van der Waals surface area contributed by atoms with Crippen LogP contribution in [0.5, 0.6) is 0 Å². The second kappa shape index (κ2) is 6.44. The molecule has 1 aromatic rings. The van der Waals surface area contributed by atoms with Crippen molar-refractivity contribution in [3.8, 4) is 0 Å². The van der Waals surface area contributed by atoms with Crippen LogP contribution in [-0.4, -0.2) is 24.1 Å². The van der Waals surface area contributed by atoms with Crippen LogP contribution < -0.4 is 5.32 Å². The van der Waals surface area contributed by atoms with Crippen LogP contribution in [0.25, 0.3) is 0 Å². The summed E-state index contributed by atoms with van der Waals surface area (Å²) in [4.78, 5) is 15.6. The summed E-state index contributed by atoms with van der Waals surface area (Å²) < 4.78 is 17.5. The van der Waals surface area contributed by atoms with E-state index >= 15 is 0 Å². The van der Waals surface area contributed by atoms with Gasteiger partial charge >= 0.3 is 5.97 Å². The molecule has 1 aromatic heterocycles. The molecule has 1 rings (SSSR count). The average Bonchev–Trinajstić information content (AvgIpc) is 2.35. The number of hydrogen-bond acceptors (Lipinski definition) is 4. The fraction of sp³-hybridized carbons (Fsp3) is 0.538. The normalized spacial score (nSPS) is 14.3. The SMILES string of the molecule is COC(=O)C(NC(C)c1ccc(F)cn1)C(C)C. The standard InChI is InChI=1S/C13H19FN2O2/c1-8(2)12(13(17)18-4)16-9(3)11-6-5-10(14)7-15-11/h5-9,12,16H,1-4H3. The Bertz CT molecular complexity index is 392. The molecule has 1 heterocycles. The van der Waals surface area contributed by atoms with Gasteiger partial charge in [0.2, 0.25) is 0 Å². The summed E-state index contributed by atoms with van der Waals surface area (Å²) in [6, 6.07) is 2.39. The van der Waals surface area contributed by atoms with Gasteiger partial charge in [0, 0.05) is 6.04 Å². The summed E-state index contributed by atoms with van der Waals surface area (Å²) >= 11 is 0. The van der Waals surface area contributed by atoms with Crippen molar-refractivity contribution in [2.24, 2.45) is 5.92 Å². The van der Waals surface area contributed by atoms with Crippen LogP contribution in [-0.2, 0) is 9.53 Å². The van der Waals surface area contributed by atoms with Crippen molar-refractivity contribution in [1.29, 1.82) is 0 Å². The fourth-order valence-corrected chi connectivity index (χ4v) is 1.66. The lowest BCUT2D eigenvalue weighted by atomic mass is 10.0. The number of nitrogens with one attached hydrogen (secondary N) is 1. The molecule has 0 aromatic carbocycles. The van der Waals surface area contributed by atoms with Crippen LogP contribution in [0.3, 0.4) is 0 Å². The Morgan fingerprint density at radius 2 is 2.06 bits per heavy atom. The quantitative estimate of drug-likeness (QED) is 0.817. The van der Waals surface area contributed by atoms with Gasteiger partial charge in [0.05, 0.1) is 19.0 Å². The third-order valence-corrected chi connectivity index (χ3v) is 2.75. The maximum atomic E-state index is 12.8. The predicted octanol–water partition coefficient (Wildman–Crippen LogP) is 2.07. The lowest BCUT2D eigenvalue weighted by Crippen LogP contribution is -2.43. The summed E-state index contributed by atoms with van der Waals surface area (Å²) in [7, 11) is 1.36. The molecule has 0 aliphatic rings. The number of rotatable bonds is 5. The zero-order valence-electron chi connectivity index (χ0n) is 11.1. The minimum absolute atomic E-state index is 0.0975. The molecule has 0 spiro atoms. The second-order valence-electron chi connectivity index (χ2n) is 4.53. The van der Waals surface area contributed by atoms with E-state index < -0.39 is 6.04 Å². The van der Waals surface area contributed by atoms with Crippen LogP contribution in [0.1, 0.15) is 32.5 Å². The zero-order valence-corrected chi connectivity index (χ0v) is 11.1. The highest BCUT2D eigenvalue weighted by Crippen LogP contribution is 2.14. The number of pyridine rings is 1. The third kappa shape index (κ3) is 3.77. The minimum atomic E-state index is -0.406. The summed E-state index contributed by atoms with van der Waals surface area (Å²) in [5, 5.41) is 3.14. The second-order valence-corrected chi connectivity index (χ2v) is 4.53. The third-order valence-electron chi connectivity index (χ3n) is 2.75. The predicted molar refractivity (Wildman–Crippen MR) is 66.4 cm³/mol. The van der Waals surface area contributed by atoms with Crippen molar-refractivity contribution in [3.63, 3.8) is 0 Å². The van der Waals surface area contributed by atoms with Crippen molar-refractivity contribution < 1.29 is 13.9 Å². The Morgan fingerprint density at radius 3 is 2.50 bits per heavy atom. The topological polar surface area (TPSA) is 51.2 Å². The highest BCUT2D eigenvalue weighted by molar-refractivity contribution is 5.76. The Balaban J connectivity index is 2.75. The number of carbonyl (C=O) groups excluding carboxylic acids is 1. The summed E-state index contributed by atoms with van der Waals surface area (Å²) in [5.74, 6) is -0.585. The molecule has 5 heteroatoms. The van der Waals surface area contributed by atoms with Crippen LogP contribution in [0.15, 0.2) is 18.3 Å². The van der Waals surface area contributed by atoms with E-state index in [1.807, 2.05) is 20.8 Å². The monoisotopic (exact) mass is 254 g/mol. The number of aromatic nitrogens is 1. The van der Waals surface area contributed by atoms with Crippen molar-refractivity contribution in [1.82, 2.24) is 10.3 Å². The van der Waals surface area contributed by atoms with Gasteiger partial charge in [-0.25, -0.2) is 4.39 Å². The molecule has 0 radical (unpaired) electrons. The van der Waals surface area contributed by atoms with E-state index in [-0.39, 0.29) is 23.7 Å². The van der Waals surface area contributed by atoms with Crippen molar-refractivity contribution in [2.75, 3.05) is 7.11 Å².